The summed E-state index contributed by atoms with van der Waals surface area (Å²) >= 11 is 12.6. The quantitative estimate of drug-likeness (QED) is 0.0998. The van der Waals surface area contributed by atoms with Crippen LogP contribution in [0.15, 0.2) is 108 Å². The fraction of sp³-hybridized carbons (Fsp3) is 0.293. The van der Waals surface area contributed by atoms with E-state index in [0.29, 0.717) is 60.9 Å². The van der Waals surface area contributed by atoms with Crippen LogP contribution in [-0.2, 0) is 17.6 Å². The van der Waals surface area contributed by atoms with Crippen molar-refractivity contribution >= 4 is 47.1 Å². The number of hydrogen-bond donors (Lipinski definition) is 2. The van der Waals surface area contributed by atoms with Crippen LogP contribution in [0.5, 0.6) is 0 Å². The summed E-state index contributed by atoms with van der Waals surface area (Å²) in [4.78, 5) is 37.0. The minimum absolute atomic E-state index is 0.0393. The topological polar surface area (TPSA) is 105 Å². The van der Waals surface area contributed by atoms with Gasteiger partial charge in [-0.25, -0.2) is 0 Å². The van der Waals surface area contributed by atoms with Gasteiger partial charge in [-0.1, -0.05) is 102 Å². The van der Waals surface area contributed by atoms with Gasteiger partial charge in [-0.3, -0.25) is 14.6 Å². The molecule has 9 heteroatoms. The number of aliphatic imine (C=N–C) groups is 1. The standard InChI is InChI=1S/C41H43Cl2N5O2/c42-35-23-34(24-36(43)25-35)32-15-7-16-33(22-32)40(50)48-27-38(20-28-9-2-1-3-10-28)47(26-37(48)17-8-18-46-41(44)45)39(49)21-29-11-6-14-30-12-4-5-13-31(30)19-29/h1-5,7,9-10,12-13,15-16,19,22-25,37-38H,6,8,11,14,17-18,20-21,26-27H2,(H4,44,45,46)/t37?,38-/m1/s1. The van der Waals surface area contributed by atoms with Gasteiger partial charge in [0.2, 0.25) is 5.91 Å². The number of amides is 2. The van der Waals surface area contributed by atoms with E-state index >= 15 is 0 Å². The maximum atomic E-state index is 14.5. The molecule has 258 valence electrons. The number of rotatable bonds is 10. The van der Waals surface area contributed by atoms with E-state index < -0.39 is 0 Å². The molecule has 0 saturated carbocycles. The third-order valence-corrected chi connectivity index (χ3v) is 10.1. The number of hydrogen-bond acceptors (Lipinski definition) is 3. The Morgan fingerprint density at radius 1 is 0.780 bits per heavy atom. The molecular formula is C41H43Cl2N5O2. The Morgan fingerprint density at radius 2 is 1.52 bits per heavy atom. The number of carbonyl (C=O) groups excluding carboxylic acids is 2. The largest absolute Gasteiger partial charge is 0.370 e. The summed E-state index contributed by atoms with van der Waals surface area (Å²) in [7, 11) is 0. The number of carbonyl (C=O) groups is 2. The van der Waals surface area contributed by atoms with Crippen LogP contribution >= 0.6 is 23.2 Å². The van der Waals surface area contributed by atoms with E-state index in [1.54, 1.807) is 6.07 Å². The maximum Gasteiger partial charge on any atom is 0.254 e. The van der Waals surface area contributed by atoms with Crippen molar-refractivity contribution in [2.75, 3.05) is 19.6 Å². The summed E-state index contributed by atoms with van der Waals surface area (Å²) in [6, 6.07) is 31.1. The molecule has 6 rings (SSSR count). The van der Waals surface area contributed by atoms with Crippen molar-refractivity contribution in [3.63, 3.8) is 0 Å². The number of piperazine rings is 1. The van der Waals surface area contributed by atoms with Crippen molar-refractivity contribution in [1.29, 1.82) is 0 Å². The van der Waals surface area contributed by atoms with Gasteiger partial charge in [0, 0.05) is 47.7 Å². The smallest absolute Gasteiger partial charge is 0.254 e. The van der Waals surface area contributed by atoms with Crippen molar-refractivity contribution in [1.82, 2.24) is 9.80 Å². The molecule has 1 aliphatic heterocycles. The minimum atomic E-state index is -0.221. The van der Waals surface area contributed by atoms with Crippen LogP contribution in [0, 0.1) is 0 Å². The third kappa shape index (κ3) is 8.95. The Bertz CT molecular complexity index is 1870. The summed E-state index contributed by atoms with van der Waals surface area (Å²) in [6.07, 6.45) is 7.42. The highest BCUT2D eigenvalue weighted by atomic mass is 35.5. The molecule has 2 aliphatic rings. The van der Waals surface area contributed by atoms with Crippen LogP contribution in [0.3, 0.4) is 0 Å². The van der Waals surface area contributed by atoms with Gasteiger partial charge in [0.05, 0.1) is 6.04 Å². The van der Waals surface area contributed by atoms with E-state index in [1.807, 2.05) is 64.4 Å². The molecule has 1 heterocycles. The number of benzene rings is 4. The molecule has 1 saturated heterocycles. The molecular weight excluding hydrogens is 665 g/mol. The number of aryl methyl sites for hydroxylation is 1. The number of nitrogens with two attached hydrogens (primary N) is 2. The Balaban J connectivity index is 1.31. The van der Waals surface area contributed by atoms with Gasteiger partial charge in [0.25, 0.3) is 5.91 Å². The second-order valence-corrected chi connectivity index (χ2v) is 14.1. The van der Waals surface area contributed by atoms with Crippen molar-refractivity contribution in [2.45, 2.75) is 57.0 Å². The normalized spacial score (nSPS) is 17.4. The fourth-order valence-corrected chi connectivity index (χ4v) is 7.73. The highest BCUT2D eigenvalue weighted by molar-refractivity contribution is 6.35. The Morgan fingerprint density at radius 3 is 2.30 bits per heavy atom. The molecule has 0 radical (unpaired) electrons. The number of fused-ring (bicyclic) bond motifs is 1. The van der Waals surface area contributed by atoms with Crippen molar-refractivity contribution in [3.05, 3.63) is 135 Å². The molecule has 4 N–H and O–H groups in total. The van der Waals surface area contributed by atoms with Gasteiger partial charge in [-0.15, -0.1) is 0 Å². The summed E-state index contributed by atoms with van der Waals surface area (Å²) in [5.74, 6) is 0.0512. The van der Waals surface area contributed by atoms with Gasteiger partial charge in [0.15, 0.2) is 5.96 Å². The molecule has 2 amide bonds. The number of guanidine groups is 1. The lowest BCUT2D eigenvalue weighted by molar-refractivity contribution is -0.136. The molecule has 0 aromatic heterocycles. The highest BCUT2D eigenvalue weighted by Gasteiger charge is 2.39. The summed E-state index contributed by atoms with van der Waals surface area (Å²) < 4.78 is 0. The lowest BCUT2D eigenvalue weighted by Gasteiger charge is -2.47. The van der Waals surface area contributed by atoms with E-state index in [9.17, 15) is 9.59 Å². The molecule has 1 fully saturated rings. The second kappa shape index (κ2) is 16.4. The number of nitrogens with zero attached hydrogens (tertiary/aromatic N) is 3. The van der Waals surface area contributed by atoms with Crippen LogP contribution in [0.4, 0.5) is 0 Å². The molecule has 0 bridgehead atoms. The van der Waals surface area contributed by atoms with Crippen LogP contribution in [-0.4, -0.2) is 59.3 Å². The van der Waals surface area contributed by atoms with E-state index in [1.165, 1.54) is 11.1 Å². The van der Waals surface area contributed by atoms with Crippen LogP contribution < -0.4 is 11.5 Å². The monoisotopic (exact) mass is 707 g/mol. The van der Waals surface area contributed by atoms with Gasteiger partial charge in [0.1, 0.15) is 0 Å². The molecule has 2 atom stereocenters. The first-order chi connectivity index (χ1) is 24.2. The molecule has 4 aromatic rings. The van der Waals surface area contributed by atoms with Gasteiger partial charge < -0.3 is 21.3 Å². The van der Waals surface area contributed by atoms with Crippen LogP contribution in [0.1, 0.15) is 59.2 Å². The van der Waals surface area contributed by atoms with Gasteiger partial charge in [-0.2, -0.15) is 0 Å². The first-order valence-electron chi connectivity index (χ1n) is 17.3. The van der Waals surface area contributed by atoms with Gasteiger partial charge in [-0.05, 0) is 96.7 Å². The first kappa shape index (κ1) is 35.2. The zero-order valence-corrected chi connectivity index (χ0v) is 29.6. The van der Waals surface area contributed by atoms with Crippen LogP contribution in [0.25, 0.3) is 17.2 Å². The predicted molar refractivity (Wildman–Crippen MR) is 204 cm³/mol. The van der Waals surface area contributed by atoms with E-state index in [0.717, 1.165) is 41.5 Å². The first-order valence-corrected chi connectivity index (χ1v) is 18.0. The molecule has 1 aliphatic carbocycles. The SMILES string of the molecule is NC(N)=NCCCC1CN(C(=O)CC2=Cc3ccccc3CCC2)[C@H](Cc2ccccc2)CN1C(=O)c1cccc(-c2cc(Cl)cc(Cl)c2)c1. The Labute approximate surface area is 304 Å². The molecule has 7 nitrogen and oxygen atoms in total. The maximum absolute atomic E-state index is 14.5. The molecule has 4 aromatic carbocycles. The fourth-order valence-electron chi connectivity index (χ4n) is 7.20. The molecule has 0 spiro atoms. The summed E-state index contributed by atoms with van der Waals surface area (Å²) in [6.45, 7) is 1.28. The van der Waals surface area contributed by atoms with Crippen molar-refractivity contribution < 1.29 is 9.59 Å². The van der Waals surface area contributed by atoms with Crippen molar-refractivity contribution in [3.8, 4) is 11.1 Å². The predicted octanol–water partition coefficient (Wildman–Crippen LogP) is 7.79. The van der Waals surface area contributed by atoms with Crippen LogP contribution in [0.2, 0.25) is 10.0 Å². The highest BCUT2D eigenvalue weighted by Crippen LogP contribution is 2.31. The van der Waals surface area contributed by atoms with E-state index in [2.05, 4.69) is 47.5 Å². The van der Waals surface area contributed by atoms with E-state index in [-0.39, 0.29) is 29.9 Å². The third-order valence-electron chi connectivity index (χ3n) is 9.62. The summed E-state index contributed by atoms with van der Waals surface area (Å²) in [5, 5.41) is 1.05. The Hall–Kier alpha value is -4.59. The average Bonchev–Trinajstić information content (AvgIpc) is 3.31. The zero-order valence-electron chi connectivity index (χ0n) is 28.1. The summed E-state index contributed by atoms with van der Waals surface area (Å²) in [5.41, 5.74) is 18.3. The molecule has 50 heavy (non-hydrogen) atoms. The number of halogens is 2. The molecule has 1 unspecified atom stereocenters. The van der Waals surface area contributed by atoms with E-state index in [4.69, 9.17) is 34.7 Å². The second-order valence-electron chi connectivity index (χ2n) is 13.2. The minimum Gasteiger partial charge on any atom is -0.370 e. The van der Waals surface area contributed by atoms with Gasteiger partial charge >= 0.3 is 0 Å². The Kier molecular flexibility index (Phi) is 11.6. The van der Waals surface area contributed by atoms with Crippen molar-refractivity contribution in [2.24, 2.45) is 16.5 Å². The lowest BCUT2D eigenvalue weighted by Crippen LogP contribution is -2.62. The lowest BCUT2D eigenvalue weighted by atomic mass is 9.94. The zero-order chi connectivity index (χ0) is 35.0. The average molecular weight is 709 g/mol.